The normalized spacial score (nSPS) is 20.1. The largest absolute Gasteiger partial charge is 0.497 e. The van der Waals surface area contributed by atoms with Gasteiger partial charge in [-0.15, -0.1) is 0 Å². The number of carbonyl (C=O) groups is 2. The van der Waals surface area contributed by atoms with Gasteiger partial charge >= 0.3 is 0 Å². The van der Waals surface area contributed by atoms with Gasteiger partial charge in [0.25, 0.3) is 5.91 Å². The standard InChI is InChI=1S/C30H38N4O4/c1-22-9-11-23(12-10-22)28-20-27(25-7-4-8-26(19-25)37-2)31-34(28)29(35)21-33(30(36)24-5-3-6-24)14-13-32-15-17-38-18-16-32/h4,7-12,19,24,28H,3,5-6,13-18,20-21H2,1-2H3/t28-/m1/s1. The average Bonchev–Trinajstić information content (AvgIpc) is 3.37. The first kappa shape index (κ1) is 26.4. The maximum atomic E-state index is 13.9. The summed E-state index contributed by atoms with van der Waals surface area (Å²) < 4.78 is 10.9. The Bertz CT molecular complexity index is 1160. The van der Waals surface area contributed by atoms with Crippen molar-refractivity contribution in [3.05, 3.63) is 65.2 Å². The molecule has 2 aliphatic heterocycles. The van der Waals surface area contributed by atoms with E-state index in [1.807, 2.05) is 24.3 Å². The van der Waals surface area contributed by atoms with Crippen LogP contribution in [0.3, 0.4) is 0 Å². The molecule has 5 rings (SSSR count). The molecule has 1 atom stereocenters. The Balaban J connectivity index is 1.37. The van der Waals surface area contributed by atoms with E-state index in [4.69, 9.17) is 14.6 Å². The first-order valence-corrected chi connectivity index (χ1v) is 13.7. The molecule has 8 heteroatoms. The van der Waals surface area contributed by atoms with E-state index in [0.717, 1.165) is 61.5 Å². The number of benzene rings is 2. The quantitative estimate of drug-likeness (QED) is 0.507. The van der Waals surface area contributed by atoms with Gasteiger partial charge in [0, 0.05) is 44.1 Å². The van der Waals surface area contributed by atoms with Gasteiger partial charge in [-0.1, -0.05) is 48.4 Å². The number of aryl methyl sites for hydroxylation is 1. The van der Waals surface area contributed by atoms with Gasteiger partial charge in [0.15, 0.2) is 0 Å². The van der Waals surface area contributed by atoms with Crippen LogP contribution >= 0.6 is 0 Å². The average molecular weight is 519 g/mol. The van der Waals surface area contributed by atoms with E-state index in [2.05, 4.69) is 36.1 Å². The third-order valence-corrected chi connectivity index (χ3v) is 7.91. The summed E-state index contributed by atoms with van der Waals surface area (Å²) >= 11 is 0. The maximum absolute atomic E-state index is 13.9. The number of methoxy groups -OCH3 is 1. The highest BCUT2D eigenvalue weighted by molar-refractivity contribution is 6.03. The zero-order chi connectivity index (χ0) is 26.5. The van der Waals surface area contributed by atoms with Crippen LogP contribution in [0.2, 0.25) is 0 Å². The summed E-state index contributed by atoms with van der Waals surface area (Å²) in [4.78, 5) is 31.3. The Kier molecular flexibility index (Phi) is 8.39. The van der Waals surface area contributed by atoms with E-state index in [1.165, 1.54) is 5.56 Å². The number of nitrogens with zero attached hydrogens (tertiary/aromatic N) is 4. The molecule has 0 bridgehead atoms. The van der Waals surface area contributed by atoms with E-state index < -0.39 is 0 Å². The molecule has 0 aromatic heterocycles. The molecule has 0 radical (unpaired) electrons. The van der Waals surface area contributed by atoms with Crippen LogP contribution in [-0.2, 0) is 14.3 Å². The van der Waals surface area contributed by atoms with Crippen molar-refractivity contribution in [1.82, 2.24) is 14.8 Å². The summed E-state index contributed by atoms with van der Waals surface area (Å²) in [6, 6.07) is 15.8. The second-order valence-corrected chi connectivity index (χ2v) is 10.5. The number of amides is 2. The molecule has 0 N–H and O–H groups in total. The summed E-state index contributed by atoms with van der Waals surface area (Å²) in [6.45, 7) is 6.51. The van der Waals surface area contributed by atoms with E-state index in [0.29, 0.717) is 26.2 Å². The molecular weight excluding hydrogens is 480 g/mol. The first-order chi connectivity index (χ1) is 18.5. The Morgan fingerprint density at radius 3 is 2.55 bits per heavy atom. The molecule has 0 unspecified atom stereocenters. The second kappa shape index (κ2) is 12.1. The molecule has 1 saturated carbocycles. The molecule has 38 heavy (non-hydrogen) atoms. The maximum Gasteiger partial charge on any atom is 0.262 e. The molecule has 202 valence electrons. The number of hydrogen-bond acceptors (Lipinski definition) is 6. The SMILES string of the molecule is COc1cccc(C2=NN(C(=O)CN(CCN3CCOCC3)C(=O)C3CCC3)[C@@H](c3ccc(C)cc3)C2)c1. The van der Waals surface area contributed by atoms with Gasteiger partial charge in [-0.2, -0.15) is 5.10 Å². The third kappa shape index (κ3) is 6.08. The van der Waals surface area contributed by atoms with Crippen LogP contribution in [0.15, 0.2) is 53.6 Å². The molecule has 2 aromatic rings. The smallest absolute Gasteiger partial charge is 0.262 e. The Hall–Kier alpha value is -3.23. The lowest BCUT2D eigenvalue weighted by Gasteiger charge is -2.34. The fourth-order valence-electron chi connectivity index (χ4n) is 5.27. The lowest BCUT2D eigenvalue weighted by Crippen LogP contribution is -2.49. The molecule has 0 spiro atoms. The molecule has 2 heterocycles. The molecule has 2 aromatic carbocycles. The van der Waals surface area contributed by atoms with Crippen LogP contribution < -0.4 is 4.74 Å². The van der Waals surface area contributed by atoms with Crippen molar-refractivity contribution in [2.45, 2.75) is 38.6 Å². The molecule has 1 saturated heterocycles. The van der Waals surface area contributed by atoms with Gasteiger partial charge < -0.3 is 14.4 Å². The zero-order valence-electron chi connectivity index (χ0n) is 22.5. The summed E-state index contributed by atoms with van der Waals surface area (Å²) in [7, 11) is 1.64. The van der Waals surface area contributed by atoms with E-state index >= 15 is 0 Å². The second-order valence-electron chi connectivity index (χ2n) is 10.5. The van der Waals surface area contributed by atoms with Crippen molar-refractivity contribution in [2.75, 3.05) is 53.0 Å². The predicted octanol–water partition coefficient (Wildman–Crippen LogP) is 3.64. The van der Waals surface area contributed by atoms with Crippen LogP contribution in [0.5, 0.6) is 5.75 Å². The first-order valence-electron chi connectivity index (χ1n) is 13.7. The lowest BCUT2D eigenvalue weighted by molar-refractivity contribution is -0.145. The number of morpholine rings is 1. The summed E-state index contributed by atoms with van der Waals surface area (Å²) in [5.41, 5.74) is 3.98. The fraction of sp³-hybridized carbons (Fsp3) is 0.500. The predicted molar refractivity (Wildman–Crippen MR) is 146 cm³/mol. The number of hydrogen-bond donors (Lipinski definition) is 0. The minimum Gasteiger partial charge on any atom is -0.497 e. The molecule has 2 fully saturated rings. The van der Waals surface area contributed by atoms with Crippen LogP contribution in [0, 0.1) is 12.8 Å². The summed E-state index contributed by atoms with van der Waals surface area (Å²) in [6.07, 6.45) is 3.51. The highest BCUT2D eigenvalue weighted by Crippen LogP contribution is 2.34. The minimum absolute atomic E-state index is 0.0369. The number of hydrazone groups is 1. The molecule has 1 aliphatic carbocycles. The van der Waals surface area contributed by atoms with Gasteiger partial charge in [-0.3, -0.25) is 14.5 Å². The Morgan fingerprint density at radius 2 is 1.87 bits per heavy atom. The minimum atomic E-state index is -0.218. The topological polar surface area (TPSA) is 74.7 Å². The zero-order valence-corrected chi connectivity index (χ0v) is 22.5. The van der Waals surface area contributed by atoms with Gasteiger partial charge in [-0.05, 0) is 37.5 Å². The van der Waals surface area contributed by atoms with E-state index in [-0.39, 0.29) is 30.3 Å². The van der Waals surface area contributed by atoms with Crippen molar-refractivity contribution < 1.29 is 19.1 Å². The van der Waals surface area contributed by atoms with Crippen LogP contribution in [0.25, 0.3) is 0 Å². The lowest BCUT2D eigenvalue weighted by atomic mass is 9.84. The van der Waals surface area contributed by atoms with Crippen LogP contribution in [0.4, 0.5) is 0 Å². The van der Waals surface area contributed by atoms with E-state index in [1.54, 1.807) is 17.0 Å². The van der Waals surface area contributed by atoms with Gasteiger partial charge in [0.1, 0.15) is 12.3 Å². The van der Waals surface area contributed by atoms with Crippen molar-refractivity contribution >= 4 is 17.5 Å². The highest BCUT2D eigenvalue weighted by Gasteiger charge is 2.36. The molecular formula is C30H38N4O4. The number of carbonyl (C=O) groups excluding carboxylic acids is 2. The van der Waals surface area contributed by atoms with Crippen molar-refractivity contribution in [1.29, 1.82) is 0 Å². The van der Waals surface area contributed by atoms with Gasteiger partial charge in [0.05, 0.1) is 32.1 Å². The Labute approximate surface area is 225 Å². The van der Waals surface area contributed by atoms with Crippen LogP contribution in [-0.4, -0.2) is 85.4 Å². The highest BCUT2D eigenvalue weighted by atomic mass is 16.5. The monoisotopic (exact) mass is 518 g/mol. The number of ether oxygens (including phenoxy) is 2. The molecule has 8 nitrogen and oxygen atoms in total. The van der Waals surface area contributed by atoms with E-state index in [9.17, 15) is 9.59 Å². The fourth-order valence-corrected chi connectivity index (χ4v) is 5.27. The summed E-state index contributed by atoms with van der Waals surface area (Å²) in [5.74, 6) is 0.737. The third-order valence-electron chi connectivity index (χ3n) is 7.91. The number of rotatable bonds is 9. The molecule has 2 amide bonds. The van der Waals surface area contributed by atoms with Crippen LogP contribution in [0.1, 0.15) is 48.4 Å². The van der Waals surface area contributed by atoms with Gasteiger partial charge in [-0.25, -0.2) is 5.01 Å². The van der Waals surface area contributed by atoms with Crippen molar-refractivity contribution in [2.24, 2.45) is 11.0 Å². The summed E-state index contributed by atoms with van der Waals surface area (Å²) in [5, 5.41) is 6.44. The van der Waals surface area contributed by atoms with Crippen molar-refractivity contribution in [3.8, 4) is 5.75 Å². The Morgan fingerprint density at radius 1 is 1.11 bits per heavy atom. The van der Waals surface area contributed by atoms with Crippen molar-refractivity contribution in [3.63, 3.8) is 0 Å². The van der Waals surface area contributed by atoms with Gasteiger partial charge in [0.2, 0.25) is 5.91 Å². The molecule has 3 aliphatic rings.